The first kappa shape index (κ1) is 16.3. The Kier molecular flexibility index (Phi) is 4.14. The third-order valence-electron chi connectivity index (χ3n) is 3.76. The third-order valence-corrected chi connectivity index (χ3v) is 4.26. The highest BCUT2D eigenvalue weighted by Crippen LogP contribution is 2.33. The summed E-state index contributed by atoms with van der Waals surface area (Å²) in [7, 11) is 0. The van der Waals surface area contributed by atoms with Gasteiger partial charge >= 0.3 is 0 Å². The largest absolute Gasteiger partial charge is 0.507 e. The van der Waals surface area contributed by atoms with Crippen LogP contribution < -0.4 is 5.32 Å². The van der Waals surface area contributed by atoms with E-state index in [-0.39, 0.29) is 17.5 Å². The molecule has 4 aromatic rings. The summed E-state index contributed by atoms with van der Waals surface area (Å²) in [4.78, 5) is 20.6. The Morgan fingerprint density at radius 3 is 2.81 bits per heavy atom. The molecule has 0 aliphatic rings. The predicted molar refractivity (Wildman–Crippen MR) is 101 cm³/mol. The fraction of sp³-hybridized carbons (Fsp3) is 0. The molecule has 2 aromatic carbocycles. The first-order valence-electron chi connectivity index (χ1n) is 7.71. The third kappa shape index (κ3) is 3.16. The molecule has 0 aliphatic heterocycles. The lowest BCUT2D eigenvalue weighted by Gasteiger charge is -2.07. The molecule has 4 rings (SSSR count). The Hall–Kier alpha value is -3.19. The normalized spacial score (nSPS) is 10.8. The molecule has 6 nitrogen and oxygen atoms in total. The number of anilines is 1. The van der Waals surface area contributed by atoms with E-state index in [1.807, 2.05) is 6.07 Å². The number of benzene rings is 2. The Morgan fingerprint density at radius 2 is 2.04 bits per heavy atom. The van der Waals surface area contributed by atoms with Gasteiger partial charge < -0.3 is 14.8 Å². The Morgan fingerprint density at radius 1 is 1.15 bits per heavy atom. The lowest BCUT2D eigenvalue weighted by Crippen LogP contribution is -2.11. The molecule has 0 unspecified atom stereocenters. The van der Waals surface area contributed by atoms with Crippen molar-refractivity contribution in [1.29, 1.82) is 0 Å². The van der Waals surface area contributed by atoms with Crippen LogP contribution >= 0.6 is 15.9 Å². The Labute approximate surface area is 156 Å². The second-order valence-electron chi connectivity index (χ2n) is 5.56. The average Bonchev–Trinajstić information content (AvgIpc) is 3.05. The standard InChI is InChI=1S/C19H12BrN3O3/c20-12-3-1-2-11(8-12)18(25)22-13-4-5-14(16(24)9-13)19-23-15-10-21-7-6-17(15)26-19/h1-10,24H,(H,22,25). The summed E-state index contributed by atoms with van der Waals surface area (Å²) in [6, 6.07) is 13.5. The van der Waals surface area contributed by atoms with Crippen LogP contribution in [0.1, 0.15) is 10.4 Å². The second kappa shape index (κ2) is 6.61. The minimum absolute atomic E-state index is 0.0449. The van der Waals surface area contributed by atoms with Gasteiger partial charge in [0.25, 0.3) is 5.91 Å². The van der Waals surface area contributed by atoms with Gasteiger partial charge in [0.15, 0.2) is 5.58 Å². The SMILES string of the molecule is O=C(Nc1ccc(-c2nc3cnccc3o2)c(O)c1)c1cccc(Br)c1. The number of nitrogens with one attached hydrogen (secondary N) is 1. The quantitative estimate of drug-likeness (QED) is 0.515. The number of nitrogens with zero attached hydrogens (tertiary/aromatic N) is 2. The van der Waals surface area contributed by atoms with Crippen molar-refractivity contribution in [1.82, 2.24) is 9.97 Å². The summed E-state index contributed by atoms with van der Waals surface area (Å²) in [6.07, 6.45) is 3.20. The first-order chi connectivity index (χ1) is 12.6. The molecule has 0 saturated carbocycles. The van der Waals surface area contributed by atoms with Crippen LogP contribution in [0, 0.1) is 0 Å². The van der Waals surface area contributed by atoms with Gasteiger partial charge in [0.2, 0.25) is 5.89 Å². The molecule has 0 aliphatic carbocycles. The van der Waals surface area contributed by atoms with Crippen molar-refractivity contribution < 1.29 is 14.3 Å². The molecule has 0 spiro atoms. The van der Waals surface area contributed by atoms with Crippen molar-refractivity contribution in [3.63, 3.8) is 0 Å². The maximum absolute atomic E-state index is 12.3. The highest BCUT2D eigenvalue weighted by molar-refractivity contribution is 9.10. The highest BCUT2D eigenvalue weighted by Gasteiger charge is 2.14. The van der Waals surface area contributed by atoms with Crippen molar-refractivity contribution >= 4 is 38.6 Å². The zero-order valence-corrected chi connectivity index (χ0v) is 14.9. The summed E-state index contributed by atoms with van der Waals surface area (Å²) >= 11 is 3.34. The summed E-state index contributed by atoms with van der Waals surface area (Å²) in [6.45, 7) is 0. The molecule has 7 heteroatoms. The van der Waals surface area contributed by atoms with Gasteiger partial charge in [0, 0.05) is 34.1 Å². The molecule has 26 heavy (non-hydrogen) atoms. The van der Waals surface area contributed by atoms with E-state index < -0.39 is 0 Å². The number of aromatic nitrogens is 2. The van der Waals surface area contributed by atoms with Crippen LogP contribution in [0.5, 0.6) is 5.75 Å². The van der Waals surface area contributed by atoms with Crippen molar-refractivity contribution in [2.45, 2.75) is 0 Å². The Balaban J connectivity index is 1.60. The second-order valence-corrected chi connectivity index (χ2v) is 6.47. The highest BCUT2D eigenvalue weighted by atomic mass is 79.9. The summed E-state index contributed by atoms with van der Waals surface area (Å²) in [5.74, 6) is -0.0293. The van der Waals surface area contributed by atoms with Crippen molar-refractivity contribution in [3.05, 3.63) is 71.0 Å². The van der Waals surface area contributed by atoms with E-state index in [2.05, 4.69) is 31.2 Å². The van der Waals surface area contributed by atoms with Crippen LogP contribution in [-0.2, 0) is 0 Å². The van der Waals surface area contributed by atoms with Gasteiger partial charge in [-0.1, -0.05) is 22.0 Å². The molecule has 0 saturated heterocycles. The van der Waals surface area contributed by atoms with E-state index in [1.165, 1.54) is 6.07 Å². The molecule has 2 N–H and O–H groups in total. The molecular weight excluding hydrogens is 398 g/mol. The minimum Gasteiger partial charge on any atom is -0.507 e. The molecule has 0 bridgehead atoms. The number of carbonyl (C=O) groups excluding carboxylic acids is 1. The number of halogens is 1. The maximum Gasteiger partial charge on any atom is 0.255 e. The number of aromatic hydroxyl groups is 1. The number of rotatable bonds is 3. The molecular formula is C19H12BrN3O3. The predicted octanol–water partition coefficient (Wildman–Crippen LogP) is 4.61. The lowest BCUT2D eigenvalue weighted by atomic mass is 10.1. The van der Waals surface area contributed by atoms with Gasteiger partial charge in [-0.2, -0.15) is 0 Å². The monoisotopic (exact) mass is 409 g/mol. The summed E-state index contributed by atoms with van der Waals surface area (Å²) < 4.78 is 6.45. The van der Waals surface area contributed by atoms with Gasteiger partial charge in [-0.15, -0.1) is 0 Å². The molecule has 0 atom stereocenters. The van der Waals surface area contributed by atoms with Crippen molar-refractivity contribution in [2.75, 3.05) is 5.32 Å². The van der Waals surface area contributed by atoms with Crippen LogP contribution in [0.2, 0.25) is 0 Å². The summed E-state index contributed by atoms with van der Waals surface area (Å²) in [5, 5.41) is 13.1. The van der Waals surface area contributed by atoms with Crippen molar-refractivity contribution in [2.24, 2.45) is 0 Å². The molecule has 0 fully saturated rings. The van der Waals surface area contributed by atoms with E-state index in [0.29, 0.717) is 27.9 Å². The van der Waals surface area contributed by atoms with E-state index in [4.69, 9.17) is 4.42 Å². The number of hydrogen-bond donors (Lipinski definition) is 2. The zero-order chi connectivity index (χ0) is 18.1. The zero-order valence-electron chi connectivity index (χ0n) is 13.3. The van der Waals surface area contributed by atoms with Gasteiger partial charge in [-0.3, -0.25) is 9.78 Å². The molecule has 2 heterocycles. The van der Waals surface area contributed by atoms with E-state index in [9.17, 15) is 9.90 Å². The van der Waals surface area contributed by atoms with Crippen LogP contribution in [0.4, 0.5) is 5.69 Å². The minimum atomic E-state index is -0.272. The lowest BCUT2D eigenvalue weighted by molar-refractivity contribution is 0.102. The first-order valence-corrected chi connectivity index (χ1v) is 8.50. The van der Waals surface area contributed by atoms with Gasteiger partial charge in [-0.05, 0) is 30.3 Å². The van der Waals surface area contributed by atoms with Crippen LogP contribution in [0.3, 0.4) is 0 Å². The number of oxazole rings is 1. The summed E-state index contributed by atoms with van der Waals surface area (Å²) in [5.41, 5.74) is 2.60. The number of amides is 1. The fourth-order valence-corrected chi connectivity index (χ4v) is 2.92. The number of phenolic OH excluding ortho intramolecular Hbond substituents is 1. The van der Waals surface area contributed by atoms with Crippen LogP contribution in [-0.4, -0.2) is 21.0 Å². The number of carbonyl (C=O) groups is 1. The van der Waals surface area contributed by atoms with Crippen LogP contribution in [0.25, 0.3) is 22.6 Å². The number of hydrogen-bond acceptors (Lipinski definition) is 5. The van der Waals surface area contributed by atoms with Crippen LogP contribution in [0.15, 0.2) is 69.8 Å². The number of pyridine rings is 1. The fourth-order valence-electron chi connectivity index (χ4n) is 2.52. The van der Waals surface area contributed by atoms with Gasteiger partial charge in [0.05, 0.1) is 11.8 Å². The number of phenols is 1. The Bertz CT molecular complexity index is 1090. The van der Waals surface area contributed by atoms with Gasteiger partial charge in [-0.25, -0.2) is 4.98 Å². The van der Waals surface area contributed by atoms with E-state index >= 15 is 0 Å². The smallest absolute Gasteiger partial charge is 0.255 e. The van der Waals surface area contributed by atoms with Gasteiger partial charge in [0.1, 0.15) is 11.3 Å². The topological polar surface area (TPSA) is 88.3 Å². The van der Waals surface area contributed by atoms with Crippen molar-refractivity contribution in [3.8, 4) is 17.2 Å². The van der Waals surface area contributed by atoms with E-state index in [1.54, 1.807) is 48.8 Å². The molecule has 0 radical (unpaired) electrons. The molecule has 2 aromatic heterocycles. The maximum atomic E-state index is 12.3. The van der Waals surface area contributed by atoms with E-state index in [0.717, 1.165) is 4.47 Å². The number of fused-ring (bicyclic) bond motifs is 1. The molecule has 1 amide bonds. The average molecular weight is 410 g/mol. The molecule has 128 valence electrons.